The van der Waals surface area contributed by atoms with Crippen molar-refractivity contribution in [3.8, 4) is 0 Å². The Bertz CT molecular complexity index is 414. The van der Waals surface area contributed by atoms with E-state index in [-0.39, 0.29) is 0 Å². The number of nitrogens with zero attached hydrogens (tertiary/aromatic N) is 1. The van der Waals surface area contributed by atoms with Gasteiger partial charge in [-0.1, -0.05) is 36.8 Å². The summed E-state index contributed by atoms with van der Waals surface area (Å²) in [5, 5.41) is 3.76. The minimum Gasteiger partial charge on any atom is -0.314 e. The molecule has 1 aromatic carbocycles. The molecule has 21 heavy (non-hydrogen) atoms. The first kappa shape index (κ1) is 16.5. The van der Waals surface area contributed by atoms with Crippen molar-refractivity contribution >= 4 is 0 Å². The molecule has 2 unspecified atom stereocenters. The third-order valence-corrected chi connectivity index (χ3v) is 4.75. The van der Waals surface area contributed by atoms with Crippen LogP contribution in [-0.2, 0) is 6.42 Å². The van der Waals surface area contributed by atoms with E-state index < -0.39 is 0 Å². The summed E-state index contributed by atoms with van der Waals surface area (Å²) in [5.41, 5.74) is 2.81. The van der Waals surface area contributed by atoms with Crippen LogP contribution in [0.25, 0.3) is 0 Å². The van der Waals surface area contributed by atoms with Gasteiger partial charge >= 0.3 is 0 Å². The van der Waals surface area contributed by atoms with Crippen LogP contribution in [0.1, 0.15) is 44.2 Å². The second kappa shape index (κ2) is 8.55. The van der Waals surface area contributed by atoms with Crippen molar-refractivity contribution in [3.63, 3.8) is 0 Å². The van der Waals surface area contributed by atoms with E-state index in [1.54, 1.807) is 0 Å². The fourth-order valence-corrected chi connectivity index (χ4v) is 3.50. The average molecular weight is 288 g/mol. The van der Waals surface area contributed by atoms with E-state index in [9.17, 15) is 0 Å². The molecule has 2 atom stereocenters. The molecule has 2 nitrogen and oxygen atoms in total. The van der Waals surface area contributed by atoms with Gasteiger partial charge in [0.25, 0.3) is 0 Å². The highest BCUT2D eigenvalue weighted by atomic mass is 15.1. The lowest BCUT2D eigenvalue weighted by Crippen LogP contribution is -2.45. The van der Waals surface area contributed by atoms with E-state index in [1.807, 2.05) is 0 Å². The van der Waals surface area contributed by atoms with Crippen LogP contribution in [0.3, 0.4) is 0 Å². The summed E-state index contributed by atoms with van der Waals surface area (Å²) in [5.74, 6) is 0.822. The number of nitrogens with one attached hydrogen (secondary N) is 1. The third kappa shape index (κ3) is 5.44. The van der Waals surface area contributed by atoms with Crippen LogP contribution in [0.2, 0.25) is 0 Å². The van der Waals surface area contributed by atoms with Crippen LogP contribution in [0.5, 0.6) is 0 Å². The highest BCUT2D eigenvalue weighted by molar-refractivity contribution is 5.22. The van der Waals surface area contributed by atoms with Crippen LogP contribution < -0.4 is 5.32 Å². The maximum Gasteiger partial charge on any atom is 0.00793 e. The molecule has 1 aliphatic rings. The van der Waals surface area contributed by atoms with Gasteiger partial charge in [-0.15, -0.1) is 0 Å². The van der Waals surface area contributed by atoms with E-state index in [2.05, 4.69) is 55.3 Å². The predicted molar refractivity (Wildman–Crippen MR) is 91.8 cm³/mol. The number of likely N-dealkylation sites (tertiary alicyclic amines) is 1. The number of aryl methyl sites for hydroxylation is 1. The molecule has 1 heterocycles. The van der Waals surface area contributed by atoms with E-state index in [4.69, 9.17) is 0 Å². The lowest BCUT2D eigenvalue weighted by atomic mass is 9.91. The Hall–Kier alpha value is -0.860. The van der Waals surface area contributed by atoms with Gasteiger partial charge < -0.3 is 10.2 Å². The number of piperidine rings is 1. The predicted octanol–water partition coefficient (Wildman–Crippen LogP) is 3.64. The van der Waals surface area contributed by atoms with E-state index in [0.717, 1.165) is 18.9 Å². The first-order valence-electron chi connectivity index (χ1n) is 8.70. The van der Waals surface area contributed by atoms with Crippen molar-refractivity contribution in [1.29, 1.82) is 0 Å². The zero-order chi connectivity index (χ0) is 15.1. The minimum atomic E-state index is 0.634. The van der Waals surface area contributed by atoms with Gasteiger partial charge in [0.15, 0.2) is 0 Å². The largest absolute Gasteiger partial charge is 0.314 e. The summed E-state index contributed by atoms with van der Waals surface area (Å²) in [4.78, 5) is 2.65. The smallest absolute Gasteiger partial charge is 0.00793 e. The maximum atomic E-state index is 3.76. The molecule has 2 rings (SSSR count). The van der Waals surface area contributed by atoms with Crippen LogP contribution in [-0.4, -0.2) is 37.1 Å². The summed E-state index contributed by atoms with van der Waals surface area (Å²) >= 11 is 0. The molecule has 0 amide bonds. The molecule has 1 aliphatic heterocycles. The summed E-state index contributed by atoms with van der Waals surface area (Å²) in [7, 11) is 0. The van der Waals surface area contributed by atoms with Gasteiger partial charge in [0, 0.05) is 12.6 Å². The maximum absolute atomic E-state index is 3.76. The molecule has 0 saturated carbocycles. The van der Waals surface area contributed by atoms with E-state index >= 15 is 0 Å². The minimum absolute atomic E-state index is 0.634. The topological polar surface area (TPSA) is 15.3 Å². The summed E-state index contributed by atoms with van der Waals surface area (Å²) in [6, 6.07) is 9.51. The van der Waals surface area contributed by atoms with E-state index in [1.165, 1.54) is 50.0 Å². The SMILES string of the molecule is CCCN1CCCC(C(C)NCCc2cccc(C)c2)C1. The van der Waals surface area contributed by atoms with Crippen LogP contribution in [0, 0.1) is 12.8 Å². The molecule has 118 valence electrons. The van der Waals surface area contributed by atoms with Gasteiger partial charge in [-0.05, 0) is 70.6 Å². The molecule has 2 heteroatoms. The van der Waals surface area contributed by atoms with Gasteiger partial charge in [-0.3, -0.25) is 0 Å². The Morgan fingerprint density at radius 1 is 1.38 bits per heavy atom. The standard InChI is InChI=1S/C19H32N2/c1-4-12-21-13-6-9-19(15-21)17(3)20-11-10-18-8-5-7-16(2)14-18/h5,7-8,14,17,19-20H,4,6,9-13,15H2,1-3H3. The first-order chi connectivity index (χ1) is 10.2. The Labute approximate surface area is 130 Å². The molecule has 1 fully saturated rings. The quantitative estimate of drug-likeness (QED) is 0.824. The molecule has 0 radical (unpaired) electrons. The fourth-order valence-electron chi connectivity index (χ4n) is 3.50. The summed E-state index contributed by atoms with van der Waals surface area (Å²) < 4.78 is 0. The van der Waals surface area contributed by atoms with Crippen molar-refractivity contribution in [2.24, 2.45) is 5.92 Å². The zero-order valence-electron chi connectivity index (χ0n) is 14.1. The Morgan fingerprint density at radius 2 is 2.24 bits per heavy atom. The highest BCUT2D eigenvalue weighted by Gasteiger charge is 2.23. The lowest BCUT2D eigenvalue weighted by molar-refractivity contribution is 0.151. The number of hydrogen-bond acceptors (Lipinski definition) is 2. The highest BCUT2D eigenvalue weighted by Crippen LogP contribution is 2.19. The van der Waals surface area contributed by atoms with E-state index in [0.29, 0.717) is 6.04 Å². The zero-order valence-corrected chi connectivity index (χ0v) is 14.1. The Balaban J connectivity index is 1.72. The number of hydrogen-bond donors (Lipinski definition) is 1. The Kier molecular flexibility index (Phi) is 6.72. The molecule has 0 bridgehead atoms. The van der Waals surface area contributed by atoms with Crippen molar-refractivity contribution in [1.82, 2.24) is 10.2 Å². The third-order valence-electron chi connectivity index (χ3n) is 4.75. The van der Waals surface area contributed by atoms with Gasteiger partial charge in [0.1, 0.15) is 0 Å². The average Bonchev–Trinajstić information content (AvgIpc) is 2.48. The normalized spacial score (nSPS) is 21.4. The second-order valence-corrected chi connectivity index (χ2v) is 6.68. The molecule has 0 aliphatic carbocycles. The lowest BCUT2D eigenvalue weighted by Gasteiger charge is -2.36. The van der Waals surface area contributed by atoms with Crippen LogP contribution in [0.4, 0.5) is 0 Å². The first-order valence-corrected chi connectivity index (χ1v) is 8.70. The van der Waals surface area contributed by atoms with Crippen LogP contribution >= 0.6 is 0 Å². The van der Waals surface area contributed by atoms with Crippen molar-refractivity contribution in [3.05, 3.63) is 35.4 Å². The molecule has 0 aromatic heterocycles. The van der Waals surface area contributed by atoms with Crippen molar-refractivity contribution in [2.45, 2.75) is 52.5 Å². The number of benzene rings is 1. The monoisotopic (exact) mass is 288 g/mol. The van der Waals surface area contributed by atoms with Gasteiger partial charge in [0.2, 0.25) is 0 Å². The molecule has 1 N–H and O–H groups in total. The van der Waals surface area contributed by atoms with Gasteiger partial charge in [0.05, 0.1) is 0 Å². The van der Waals surface area contributed by atoms with Crippen LogP contribution in [0.15, 0.2) is 24.3 Å². The van der Waals surface area contributed by atoms with Gasteiger partial charge in [-0.25, -0.2) is 0 Å². The molecular weight excluding hydrogens is 256 g/mol. The second-order valence-electron chi connectivity index (χ2n) is 6.68. The fraction of sp³-hybridized carbons (Fsp3) is 0.684. The summed E-state index contributed by atoms with van der Waals surface area (Å²) in [6.07, 6.45) is 5.17. The van der Waals surface area contributed by atoms with Gasteiger partial charge in [-0.2, -0.15) is 0 Å². The molecule has 1 saturated heterocycles. The molecule has 0 spiro atoms. The van der Waals surface area contributed by atoms with Crippen molar-refractivity contribution in [2.75, 3.05) is 26.2 Å². The number of rotatable bonds is 7. The Morgan fingerprint density at radius 3 is 3.00 bits per heavy atom. The molecule has 1 aromatic rings. The molecular formula is C19H32N2. The summed E-state index contributed by atoms with van der Waals surface area (Å²) in [6.45, 7) is 11.8. The van der Waals surface area contributed by atoms with Crippen molar-refractivity contribution < 1.29 is 0 Å².